The van der Waals surface area contributed by atoms with E-state index in [-0.39, 0.29) is 18.8 Å². The SMILES string of the molecule is COc1ccc(N(C(=O)Cn2nnc3ccccc32)[C@H](C(=O)NCc2ccccc2)c2ccc(O)c(O)c2)cc1. The highest BCUT2D eigenvalue weighted by molar-refractivity contribution is 6.01. The Labute approximate surface area is 230 Å². The number of hydrogen-bond donors (Lipinski definition) is 3. The van der Waals surface area contributed by atoms with Crippen LogP contribution in [0, 0.1) is 0 Å². The van der Waals surface area contributed by atoms with E-state index in [0.717, 1.165) is 5.56 Å². The maximum atomic E-state index is 14.1. The number of amides is 2. The van der Waals surface area contributed by atoms with Gasteiger partial charge in [-0.15, -0.1) is 5.10 Å². The van der Waals surface area contributed by atoms with Gasteiger partial charge in [0, 0.05) is 12.2 Å². The molecular formula is C30H27N5O5. The number of methoxy groups -OCH3 is 1. The van der Waals surface area contributed by atoms with Crippen molar-refractivity contribution in [1.82, 2.24) is 20.3 Å². The maximum Gasteiger partial charge on any atom is 0.249 e. The number of hydrogen-bond acceptors (Lipinski definition) is 7. The van der Waals surface area contributed by atoms with E-state index in [9.17, 15) is 19.8 Å². The number of rotatable bonds is 9. The lowest BCUT2D eigenvalue weighted by molar-refractivity contribution is -0.127. The van der Waals surface area contributed by atoms with Crippen molar-refractivity contribution in [2.75, 3.05) is 12.0 Å². The van der Waals surface area contributed by atoms with Crippen LogP contribution in [0.3, 0.4) is 0 Å². The largest absolute Gasteiger partial charge is 0.504 e. The lowest BCUT2D eigenvalue weighted by Gasteiger charge is -2.32. The molecule has 0 unspecified atom stereocenters. The molecule has 5 aromatic rings. The Morgan fingerprint density at radius 2 is 1.65 bits per heavy atom. The quantitative estimate of drug-likeness (QED) is 0.243. The molecule has 0 aliphatic rings. The first-order chi connectivity index (χ1) is 19.4. The molecule has 0 aliphatic carbocycles. The molecule has 0 bridgehead atoms. The smallest absolute Gasteiger partial charge is 0.249 e. The zero-order valence-electron chi connectivity index (χ0n) is 21.6. The molecule has 0 aliphatic heterocycles. The lowest BCUT2D eigenvalue weighted by Crippen LogP contribution is -2.45. The minimum Gasteiger partial charge on any atom is -0.504 e. The highest BCUT2D eigenvalue weighted by Gasteiger charge is 2.34. The molecule has 10 nitrogen and oxygen atoms in total. The van der Waals surface area contributed by atoms with Crippen LogP contribution in [0.15, 0.2) is 97.1 Å². The van der Waals surface area contributed by atoms with Gasteiger partial charge >= 0.3 is 0 Å². The Morgan fingerprint density at radius 1 is 0.925 bits per heavy atom. The molecule has 0 fully saturated rings. The van der Waals surface area contributed by atoms with Gasteiger partial charge in [0.15, 0.2) is 11.5 Å². The minimum absolute atomic E-state index is 0.209. The highest BCUT2D eigenvalue weighted by atomic mass is 16.5. The Bertz CT molecular complexity index is 1640. The molecule has 0 spiro atoms. The predicted octanol–water partition coefficient (Wildman–Crippen LogP) is 3.94. The van der Waals surface area contributed by atoms with Crippen LogP contribution < -0.4 is 15.0 Å². The van der Waals surface area contributed by atoms with E-state index >= 15 is 0 Å². The number of nitrogens with zero attached hydrogens (tertiary/aromatic N) is 4. The van der Waals surface area contributed by atoms with E-state index < -0.39 is 23.6 Å². The molecular weight excluding hydrogens is 510 g/mol. The number of phenolic OH excluding ortho intramolecular Hbond substituents is 2. The van der Waals surface area contributed by atoms with Gasteiger partial charge in [-0.25, -0.2) is 4.68 Å². The molecule has 0 saturated heterocycles. The molecule has 1 heterocycles. The highest BCUT2D eigenvalue weighted by Crippen LogP contribution is 2.34. The van der Waals surface area contributed by atoms with Crippen LogP contribution in [0.4, 0.5) is 5.69 Å². The first kappa shape index (κ1) is 26.2. The molecule has 3 N–H and O–H groups in total. The number of carbonyl (C=O) groups excluding carboxylic acids is 2. The summed E-state index contributed by atoms with van der Waals surface area (Å²) in [6, 6.07) is 26.2. The van der Waals surface area contributed by atoms with Crippen molar-refractivity contribution in [1.29, 1.82) is 0 Å². The molecule has 10 heteroatoms. The number of aromatic hydroxyl groups is 2. The number of fused-ring (bicyclic) bond motifs is 1. The molecule has 0 saturated carbocycles. The average Bonchev–Trinajstić information content (AvgIpc) is 3.39. The second-order valence-electron chi connectivity index (χ2n) is 9.05. The first-order valence-corrected chi connectivity index (χ1v) is 12.5. The molecule has 40 heavy (non-hydrogen) atoms. The van der Waals surface area contributed by atoms with Gasteiger partial charge in [0.25, 0.3) is 0 Å². The summed E-state index contributed by atoms with van der Waals surface area (Å²) in [4.78, 5) is 29.3. The summed E-state index contributed by atoms with van der Waals surface area (Å²) in [6.45, 7) is 0.0116. The predicted molar refractivity (Wildman–Crippen MR) is 149 cm³/mol. The Balaban J connectivity index is 1.57. The molecule has 202 valence electrons. The molecule has 5 rings (SSSR count). The van der Waals surface area contributed by atoms with Gasteiger partial charge < -0.3 is 20.3 Å². The fourth-order valence-corrected chi connectivity index (χ4v) is 4.43. The zero-order chi connectivity index (χ0) is 28.1. The van der Waals surface area contributed by atoms with Crippen LogP contribution in [0.5, 0.6) is 17.2 Å². The van der Waals surface area contributed by atoms with Crippen molar-refractivity contribution in [2.45, 2.75) is 19.1 Å². The topological polar surface area (TPSA) is 130 Å². The summed E-state index contributed by atoms with van der Waals surface area (Å²) in [5.74, 6) is -1.12. The molecule has 1 atom stereocenters. The van der Waals surface area contributed by atoms with E-state index in [4.69, 9.17) is 4.74 Å². The number of para-hydroxylation sites is 1. The lowest BCUT2D eigenvalue weighted by atomic mass is 10.0. The van der Waals surface area contributed by atoms with Gasteiger partial charge in [0.2, 0.25) is 11.8 Å². The van der Waals surface area contributed by atoms with Crippen LogP contribution in [-0.2, 0) is 22.7 Å². The van der Waals surface area contributed by atoms with Crippen molar-refractivity contribution in [3.8, 4) is 17.2 Å². The second kappa shape index (κ2) is 11.6. The monoisotopic (exact) mass is 537 g/mol. The van der Waals surface area contributed by atoms with E-state index in [1.165, 1.54) is 34.9 Å². The average molecular weight is 538 g/mol. The van der Waals surface area contributed by atoms with E-state index in [0.29, 0.717) is 28.0 Å². The number of ether oxygens (including phenoxy) is 1. The summed E-state index contributed by atoms with van der Waals surface area (Å²) >= 11 is 0. The van der Waals surface area contributed by atoms with Gasteiger partial charge in [-0.05, 0) is 59.7 Å². The van der Waals surface area contributed by atoms with Crippen LogP contribution in [0.2, 0.25) is 0 Å². The number of phenols is 2. The molecule has 1 aromatic heterocycles. The minimum atomic E-state index is -1.20. The Kier molecular flexibility index (Phi) is 7.58. The number of anilines is 1. The van der Waals surface area contributed by atoms with Gasteiger partial charge in [0.05, 0.1) is 12.6 Å². The Morgan fingerprint density at radius 3 is 2.38 bits per heavy atom. The summed E-state index contributed by atoms with van der Waals surface area (Å²) in [7, 11) is 1.53. The fourth-order valence-electron chi connectivity index (χ4n) is 4.43. The van der Waals surface area contributed by atoms with E-state index in [1.807, 2.05) is 48.5 Å². The van der Waals surface area contributed by atoms with Crippen molar-refractivity contribution in [3.63, 3.8) is 0 Å². The second-order valence-corrected chi connectivity index (χ2v) is 9.05. The standard InChI is InChI=1S/C30H27N5O5/c1-40-23-14-12-22(13-15-23)35(28(38)19-34-25-10-6-5-9-24(25)32-33-34)29(21-11-16-26(36)27(37)17-21)30(39)31-18-20-7-3-2-4-8-20/h2-17,29,36-37H,18-19H2,1H3,(H,31,39)/t29-/m0/s1. The van der Waals surface area contributed by atoms with Gasteiger partial charge in [-0.3, -0.25) is 14.5 Å². The zero-order valence-corrected chi connectivity index (χ0v) is 21.6. The first-order valence-electron chi connectivity index (χ1n) is 12.5. The van der Waals surface area contributed by atoms with E-state index in [2.05, 4.69) is 15.6 Å². The molecule has 0 radical (unpaired) electrons. The van der Waals surface area contributed by atoms with Gasteiger partial charge in [-0.1, -0.05) is 53.7 Å². The summed E-state index contributed by atoms with van der Waals surface area (Å²) in [5.41, 5.74) is 2.89. The van der Waals surface area contributed by atoms with Crippen LogP contribution in [0.1, 0.15) is 17.2 Å². The van der Waals surface area contributed by atoms with Crippen LogP contribution in [-0.4, -0.2) is 44.1 Å². The number of aromatic nitrogens is 3. The van der Waals surface area contributed by atoms with Crippen molar-refractivity contribution < 1.29 is 24.5 Å². The maximum absolute atomic E-state index is 14.1. The normalized spacial score (nSPS) is 11.6. The van der Waals surface area contributed by atoms with E-state index in [1.54, 1.807) is 30.3 Å². The fraction of sp³-hybridized carbons (Fsp3) is 0.133. The van der Waals surface area contributed by atoms with Gasteiger partial charge in [-0.2, -0.15) is 0 Å². The third-order valence-corrected chi connectivity index (χ3v) is 6.46. The van der Waals surface area contributed by atoms with Crippen molar-refractivity contribution in [2.24, 2.45) is 0 Å². The summed E-state index contributed by atoms with van der Waals surface area (Å²) in [5, 5.41) is 31.4. The number of nitrogens with one attached hydrogen (secondary N) is 1. The molecule has 2 amide bonds. The van der Waals surface area contributed by atoms with Crippen molar-refractivity contribution in [3.05, 3.63) is 108 Å². The summed E-state index contributed by atoms with van der Waals surface area (Å²) in [6.07, 6.45) is 0. The number of carbonyl (C=O) groups is 2. The third-order valence-electron chi connectivity index (χ3n) is 6.46. The van der Waals surface area contributed by atoms with Crippen LogP contribution >= 0.6 is 0 Å². The van der Waals surface area contributed by atoms with Gasteiger partial charge in [0.1, 0.15) is 23.9 Å². The third kappa shape index (κ3) is 5.56. The van der Waals surface area contributed by atoms with Crippen molar-refractivity contribution >= 4 is 28.5 Å². The number of benzene rings is 4. The molecule has 4 aromatic carbocycles. The van der Waals surface area contributed by atoms with Crippen LogP contribution in [0.25, 0.3) is 11.0 Å². The summed E-state index contributed by atoms with van der Waals surface area (Å²) < 4.78 is 6.76. The Hall–Kier alpha value is -5.38.